The minimum atomic E-state index is -3.91. The zero-order valence-electron chi connectivity index (χ0n) is 21.1. The van der Waals surface area contributed by atoms with Crippen molar-refractivity contribution in [2.45, 2.75) is 63.3 Å². The number of nitrogens with zero attached hydrogens (tertiary/aromatic N) is 1. The highest BCUT2D eigenvalue weighted by molar-refractivity contribution is 7.92. The second kappa shape index (κ2) is 10.1. The fourth-order valence-electron chi connectivity index (χ4n) is 4.59. The maximum atomic E-state index is 12.4. The molecule has 3 amide bonds. The van der Waals surface area contributed by atoms with Crippen LogP contribution < -0.4 is 15.7 Å². The summed E-state index contributed by atoms with van der Waals surface area (Å²) in [4.78, 5) is 37.2. The number of amides is 3. The predicted molar refractivity (Wildman–Crippen MR) is 133 cm³/mol. The van der Waals surface area contributed by atoms with E-state index < -0.39 is 32.7 Å². The molecule has 0 radical (unpaired) electrons. The molecule has 1 aromatic rings. The molecular weight excluding hydrogens is 486 g/mol. The first kappa shape index (κ1) is 27.5. The molecule has 0 bridgehead atoms. The van der Waals surface area contributed by atoms with Crippen molar-refractivity contribution in [3.05, 3.63) is 29.8 Å². The van der Waals surface area contributed by atoms with E-state index in [1.54, 1.807) is 24.3 Å². The van der Waals surface area contributed by atoms with Gasteiger partial charge < -0.3 is 10.1 Å². The quantitative estimate of drug-likeness (QED) is 0.284. The van der Waals surface area contributed by atoms with Crippen LogP contribution in [0.4, 0.5) is 10.5 Å². The number of anilines is 1. The third-order valence-electron chi connectivity index (χ3n) is 7.15. The number of cyclic esters (lactones) is 1. The van der Waals surface area contributed by atoms with Gasteiger partial charge >= 0.3 is 6.09 Å². The van der Waals surface area contributed by atoms with E-state index in [1.807, 2.05) is 13.8 Å². The van der Waals surface area contributed by atoms with Gasteiger partial charge in [-0.3, -0.25) is 19.7 Å². The predicted octanol–water partition coefficient (Wildman–Crippen LogP) is 2.00. The van der Waals surface area contributed by atoms with Gasteiger partial charge in [-0.25, -0.2) is 18.7 Å². The van der Waals surface area contributed by atoms with Gasteiger partial charge in [-0.1, -0.05) is 11.8 Å². The second-order valence-electron chi connectivity index (χ2n) is 10.3. The normalized spacial score (nSPS) is 23.4. The van der Waals surface area contributed by atoms with Gasteiger partial charge in [0.25, 0.3) is 5.91 Å². The average molecular weight is 520 g/mol. The van der Waals surface area contributed by atoms with Crippen LogP contribution in [0.2, 0.25) is 0 Å². The van der Waals surface area contributed by atoms with E-state index in [9.17, 15) is 22.8 Å². The van der Waals surface area contributed by atoms with Crippen LogP contribution in [0.25, 0.3) is 0 Å². The second-order valence-corrected chi connectivity index (χ2v) is 12.8. The zero-order chi connectivity index (χ0) is 26.9. The smallest absolute Gasteiger partial charge is 0.414 e. The summed E-state index contributed by atoms with van der Waals surface area (Å²) in [6, 6.07) is 7.04. The molecule has 2 fully saturated rings. The summed E-state index contributed by atoms with van der Waals surface area (Å²) in [6.07, 6.45) is 0.916. The lowest BCUT2D eigenvalue weighted by Crippen LogP contribution is -2.52. The highest BCUT2D eigenvalue weighted by atomic mass is 32.2. The molecule has 1 heterocycles. The summed E-state index contributed by atoms with van der Waals surface area (Å²) in [5.41, 5.74) is 2.48. The number of rotatable bonds is 7. The number of nitrogens with one attached hydrogen (secondary N) is 2. The highest BCUT2D eigenvalue weighted by Gasteiger charge is 2.48. The number of ether oxygens (including phenoxy) is 1. The summed E-state index contributed by atoms with van der Waals surface area (Å²) in [5, 5.41) is 12.0. The topological polar surface area (TPSA) is 142 Å². The molecule has 10 nitrogen and oxygen atoms in total. The Morgan fingerprint density at radius 2 is 1.81 bits per heavy atom. The van der Waals surface area contributed by atoms with Crippen LogP contribution in [-0.2, 0) is 24.2 Å². The van der Waals surface area contributed by atoms with Crippen molar-refractivity contribution in [2.75, 3.05) is 17.7 Å². The molecule has 1 aromatic carbocycles. The van der Waals surface area contributed by atoms with Crippen LogP contribution in [-0.4, -0.2) is 60.7 Å². The third-order valence-corrected chi connectivity index (χ3v) is 9.14. The van der Waals surface area contributed by atoms with Crippen LogP contribution in [0.5, 0.6) is 0 Å². The molecule has 2 aliphatic rings. The van der Waals surface area contributed by atoms with Crippen molar-refractivity contribution >= 4 is 33.4 Å². The Balaban J connectivity index is 1.61. The number of sulfone groups is 1. The van der Waals surface area contributed by atoms with Gasteiger partial charge in [-0.15, -0.1) is 0 Å². The van der Waals surface area contributed by atoms with Gasteiger partial charge in [0, 0.05) is 42.3 Å². The first-order chi connectivity index (χ1) is 16.7. The molecule has 11 heteroatoms. The number of carbonyl (C=O) groups is 3. The molecule has 0 aromatic heterocycles. The summed E-state index contributed by atoms with van der Waals surface area (Å²) in [5.74, 6) is 5.94. The molecule has 0 unspecified atom stereocenters. The number of carbonyl (C=O) groups excluding carboxylic acids is 3. The first-order valence-electron chi connectivity index (χ1n) is 11.7. The molecule has 1 saturated heterocycles. The van der Waals surface area contributed by atoms with E-state index >= 15 is 0 Å². The summed E-state index contributed by atoms with van der Waals surface area (Å²) in [7, 11) is -3.91. The minimum absolute atomic E-state index is 0.0390. The molecule has 196 valence electrons. The zero-order valence-corrected chi connectivity index (χ0v) is 21.9. The molecule has 0 spiro atoms. The lowest BCUT2D eigenvalue weighted by molar-refractivity contribution is -0.132. The van der Waals surface area contributed by atoms with Crippen molar-refractivity contribution in [1.29, 1.82) is 0 Å². The van der Waals surface area contributed by atoms with E-state index in [0.717, 1.165) is 24.7 Å². The third kappa shape index (κ3) is 5.82. The summed E-state index contributed by atoms with van der Waals surface area (Å²) in [6.45, 7) is 6.81. The SMILES string of the molecule is CC(=O)NC(C)(C)C1CC(C#Cc2ccc(N3C[C@H](C[C@](C)(C(=O)NO)S(C)(=O)=O)OC3=O)cc2)C1. The van der Waals surface area contributed by atoms with E-state index in [1.165, 1.54) is 24.2 Å². The van der Waals surface area contributed by atoms with Gasteiger partial charge in [0.05, 0.1) is 6.54 Å². The van der Waals surface area contributed by atoms with Gasteiger partial charge in [0.2, 0.25) is 5.91 Å². The van der Waals surface area contributed by atoms with E-state index in [-0.39, 0.29) is 30.3 Å². The van der Waals surface area contributed by atoms with Crippen LogP contribution in [0.3, 0.4) is 0 Å². The van der Waals surface area contributed by atoms with Gasteiger partial charge in [-0.2, -0.15) is 0 Å². The van der Waals surface area contributed by atoms with Crippen LogP contribution in [0.15, 0.2) is 24.3 Å². The van der Waals surface area contributed by atoms with Crippen molar-refractivity contribution in [1.82, 2.24) is 10.8 Å². The van der Waals surface area contributed by atoms with Gasteiger partial charge in [0.1, 0.15) is 6.10 Å². The lowest BCUT2D eigenvalue weighted by atomic mass is 9.66. The van der Waals surface area contributed by atoms with Crippen molar-refractivity contribution in [3.8, 4) is 11.8 Å². The Morgan fingerprint density at radius 3 is 2.33 bits per heavy atom. The Kier molecular flexibility index (Phi) is 7.72. The number of benzene rings is 1. The molecular formula is C25H33N3O7S. The number of hydrogen-bond donors (Lipinski definition) is 3. The number of hydroxylamine groups is 1. The van der Waals surface area contributed by atoms with Crippen LogP contribution in [0.1, 0.15) is 52.5 Å². The molecule has 36 heavy (non-hydrogen) atoms. The fraction of sp³-hybridized carbons (Fsp3) is 0.560. The Bertz CT molecular complexity index is 1190. The molecule has 1 aliphatic carbocycles. The Labute approximate surface area is 211 Å². The first-order valence-corrected chi connectivity index (χ1v) is 13.6. The van der Waals surface area contributed by atoms with Crippen molar-refractivity contribution < 1.29 is 32.7 Å². The molecule has 1 saturated carbocycles. The van der Waals surface area contributed by atoms with E-state index in [2.05, 4.69) is 17.2 Å². The fourth-order valence-corrected chi connectivity index (χ4v) is 5.47. The van der Waals surface area contributed by atoms with Crippen LogP contribution in [0, 0.1) is 23.7 Å². The molecule has 3 rings (SSSR count). The molecule has 1 aliphatic heterocycles. The van der Waals surface area contributed by atoms with Gasteiger partial charge in [0.15, 0.2) is 14.6 Å². The standard InChI is InChI=1S/C25H33N3O7S/c1-16(29)26-24(2,3)19-12-18(13-19)7-6-17-8-10-20(11-9-17)28-15-21(35-23(28)31)14-25(4,22(30)27-32)36(5,33)34/h8-11,18-19,21,32H,12-15H2,1-5H3,(H,26,29)(H,27,30)/t18?,19?,21-,25+/m0/s1. The monoisotopic (exact) mass is 519 g/mol. The Hall–Kier alpha value is -3.10. The minimum Gasteiger partial charge on any atom is -0.444 e. The van der Waals surface area contributed by atoms with Gasteiger partial charge in [-0.05, 0) is 63.8 Å². The van der Waals surface area contributed by atoms with Crippen molar-refractivity contribution in [2.24, 2.45) is 11.8 Å². The maximum absolute atomic E-state index is 12.4. The van der Waals surface area contributed by atoms with E-state index in [4.69, 9.17) is 9.94 Å². The molecule has 2 atom stereocenters. The molecule has 3 N–H and O–H groups in total. The highest BCUT2D eigenvalue weighted by Crippen LogP contribution is 2.40. The number of hydrogen-bond acceptors (Lipinski definition) is 7. The summed E-state index contributed by atoms with van der Waals surface area (Å²) >= 11 is 0. The summed E-state index contributed by atoms with van der Waals surface area (Å²) < 4.78 is 27.8. The lowest BCUT2D eigenvalue weighted by Gasteiger charge is -2.44. The van der Waals surface area contributed by atoms with Crippen molar-refractivity contribution in [3.63, 3.8) is 0 Å². The average Bonchev–Trinajstić information content (AvgIpc) is 3.10. The van der Waals surface area contributed by atoms with Crippen LogP contribution >= 0.6 is 0 Å². The largest absolute Gasteiger partial charge is 0.444 e. The Morgan fingerprint density at radius 1 is 1.19 bits per heavy atom. The van der Waals surface area contributed by atoms with E-state index in [0.29, 0.717) is 11.6 Å². The maximum Gasteiger partial charge on any atom is 0.414 e.